The van der Waals surface area contributed by atoms with Crippen molar-refractivity contribution in [2.45, 2.75) is 26.7 Å². The Labute approximate surface area is 127 Å². The Balaban J connectivity index is 2.71. The van der Waals surface area contributed by atoms with Crippen LogP contribution in [0.4, 0.5) is 0 Å². The average molecular weight is 316 g/mol. The molecule has 0 atom stereocenters. The fourth-order valence-corrected chi connectivity index (χ4v) is 2.28. The van der Waals surface area contributed by atoms with Crippen molar-refractivity contribution in [1.29, 1.82) is 0 Å². The topological polar surface area (TPSA) is 25.8 Å². The van der Waals surface area contributed by atoms with Crippen LogP contribution in [-0.2, 0) is 0 Å². The molecule has 0 radical (unpaired) electrons. The molecule has 0 fully saturated rings. The lowest BCUT2D eigenvalue weighted by Gasteiger charge is -2.12. The summed E-state index contributed by atoms with van der Waals surface area (Å²) in [6, 6.07) is 5.47. The Morgan fingerprint density at radius 1 is 1.05 bits per heavy atom. The number of nitrogens with zero attached hydrogens (tertiary/aromatic N) is 2. The summed E-state index contributed by atoms with van der Waals surface area (Å²) < 4.78 is 0. The maximum atomic E-state index is 6.25. The van der Waals surface area contributed by atoms with Crippen molar-refractivity contribution in [3.8, 4) is 11.3 Å². The maximum absolute atomic E-state index is 6.25. The summed E-state index contributed by atoms with van der Waals surface area (Å²) in [5, 5.41) is 1.43. The van der Waals surface area contributed by atoms with Crippen LogP contribution < -0.4 is 0 Å². The molecule has 0 spiro atoms. The quantitative estimate of drug-likeness (QED) is 0.680. The Hall–Kier alpha value is -0.830. The van der Waals surface area contributed by atoms with Gasteiger partial charge in [0.1, 0.15) is 11.0 Å². The zero-order chi connectivity index (χ0) is 14.2. The van der Waals surface area contributed by atoms with E-state index in [2.05, 4.69) is 9.97 Å². The Kier molecular flexibility index (Phi) is 4.34. The number of hydrogen-bond acceptors (Lipinski definition) is 2. The third-order valence-electron chi connectivity index (χ3n) is 2.83. The van der Waals surface area contributed by atoms with Crippen LogP contribution in [0, 0.1) is 6.92 Å². The average Bonchev–Trinajstić information content (AvgIpc) is 2.36. The van der Waals surface area contributed by atoms with Crippen LogP contribution in [0.5, 0.6) is 0 Å². The van der Waals surface area contributed by atoms with Gasteiger partial charge in [0.2, 0.25) is 0 Å². The van der Waals surface area contributed by atoms with E-state index in [-0.39, 0.29) is 5.92 Å². The van der Waals surface area contributed by atoms with Crippen LogP contribution in [0.1, 0.15) is 31.2 Å². The second kappa shape index (κ2) is 5.66. The van der Waals surface area contributed by atoms with E-state index in [1.165, 1.54) is 0 Å². The zero-order valence-corrected chi connectivity index (χ0v) is 13.1. The maximum Gasteiger partial charge on any atom is 0.136 e. The molecule has 0 unspecified atom stereocenters. The highest BCUT2D eigenvalue weighted by molar-refractivity contribution is 6.43. The highest BCUT2D eigenvalue weighted by atomic mass is 35.5. The van der Waals surface area contributed by atoms with Gasteiger partial charge >= 0.3 is 0 Å². The van der Waals surface area contributed by atoms with Crippen LogP contribution >= 0.6 is 34.8 Å². The molecule has 2 rings (SSSR count). The second-order valence-corrected chi connectivity index (χ2v) is 5.75. The van der Waals surface area contributed by atoms with E-state index in [4.69, 9.17) is 34.8 Å². The van der Waals surface area contributed by atoms with Crippen LogP contribution in [0.25, 0.3) is 11.3 Å². The molecule has 1 aromatic heterocycles. The second-order valence-electron chi connectivity index (χ2n) is 4.60. The summed E-state index contributed by atoms with van der Waals surface area (Å²) in [6.45, 7) is 5.91. The molecule has 0 amide bonds. The molecule has 1 heterocycles. The zero-order valence-electron chi connectivity index (χ0n) is 10.8. The Morgan fingerprint density at radius 3 is 2.37 bits per heavy atom. The van der Waals surface area contributed by atoms with Crippen LogP contribution in [-0.4, -0.2) is 9.97 Å². The van der Waals surface area contributed by atoms with Crippen molar-refractivity contribution in [2.24, 2.45) is 0 Å². The van der Waals surface area contributed by atoms with Gasteiger partial charge in [-0.3, -0.25) is 0 Å². The fraction of sp³-hybridized carbons (Fsp3) is 0.286. The first-order valence-electron chi connectivity index (χ1n) is 5.90. The normalized spacial score (nSPS) is 11.1. The Bertz CT molecular complexity index is 624. The highest BCUT2D eigenvalue weighted by Gasteiger charge is 2.16. The summed E-state index contributed by atoms with van der Waals surface area (Å²) in [5.41, 5.74) is 2.31. The molecule has 0 saturated heterocycles. The van der Waals surface area contributed by atoms with E-state index in [1.807, 2.05) is 32.9 Å². The Morgan fingerprint density at radius 2 is 1.74 bits per heavy atom. The van der Waals surface area contributed by atoms with Crippen molar-refractivity contribution in [2.75, 3.05) is 0 Å². The molecule has 0 aliphatic carbocycles. The lowest BCUT2D eigenvalue weighted by molar-refractivity contribution is 0.773. The third-order valence-corrected chi connectivity index (χ3v) is 4.01. The molecule has 2 aromatic rings. The first kappa shape index (κ1) is 14.6. The van der Waals surface area contributed by atoms with Crippen molar-refractivity contribution in [3.05, 3.63) is 44.8 Å². The van der Waals surface area contributed by atoms with Gasteiger partial charge < -0.3 is 0 Å². The molecule has 100 valence electrons. The van der Waals surface area contributed by atoms with E-state index < -0.39 is 0 Å². The van der Waals surface area contributed by atoms with Gasteiger partial charge in [-0.15, -0.1) is 0 Å². The first-order valence-corrected chi connectivity index (χ1v) is 7.03. The van der Waals surface area contributed by atoms with Crippen molar-refractivity contribution in [1.82, 2.24) is 9.97 Å². The van der Waals surface area contributed by atoms with Gasteiger partial charge in [-0.05, 0) is 13.0 Å². The van der Waals surface area contributed by atoms with Gasteiger partial charge in [-0.1, -0.05) is 60.8 Å². The lowest BCUT2D eigenvalue weighted by atomic mass is 10.1. The van der Waals surface area contributed by atoms with E-state index >= 15 is 0 Å². The van der Waals surface area contributed by atoms with Crippen LogP contribution in [0.15, 0.2) is 18.2 Å². The third kappa shape index (κ3) is 2.86. The number of benzene rings is 1. The number of aromatic nitrogens is 2. The van der Waals surface area contributed by atoms with Gasteiger partial charge in [0, 0.05) is 17.0 Å². The summed E-state index contributed by atoms with van der Waals surface area (Å²) >= 11 is 18.5. The molecule has 2 nitrogen and oxygen atoms in total. The van der Waals surface area contributed by atoms with Gasteiger partial charge in [0.15, 0.2) is 0 Å². The summed E-state index contributed by atoms with van der Waals surface area (Å²) in [6.07, 6.45) is 0. The van der Waals surface area contributed by atoms with E-state index in [0.717, 1.165) is 16.8 Å². The van der Waals surface area contributed by atoms with Gasteiger partial charge in [-0.2, -0.15) is 0 Å². The van der Waals surface area contributed by atoms with Crippen LogP contribution in [0.2, 0.25) is 15.2 Å². The van der Waals surface area contributed by atoms with E-state index in [9.17, 15) is 0 Å². The predicted octanol–water partition coefficient (Wildman–Crippen LogP) is 5.54. The highest BCUT2D eigenvalue weighted by Crippen LogP contribution is 2.35. The molecule has 0 N–H and O–H groups in total. The molecule has 1 aromatic carbocycles. The number of rotatable bonds is 2. The van der Waals surface area contributed by atoms with Gasteiger partial charge in [0.05, 0.1) is 15.7 Å². The molecule has 0 aliphatic heterocycles. The minimum absolute atomic E-state index is 0.190. The van der Waals surface area contributed by atoms with Gasteiger partial charge in [0.25, 0.3) is 0 Å². The minimum atomic E-state index is 0.190. The van der Waals surface area contributed by atoms with Crippen molar-refractivity contribution >= 4 is 34.8 Å². The summed E-state index contributed by atoms with van der Waals surface area (Å²) in [7, 11) is 0. The molecular formula is C14H13Cl3N2. The summed E-state index contributed by atoms with van der Waals surface area (Å²) in [5.74, 6) is 0.886. The molecule has 0 aliphatic rings. The minimum Gasteiger partial charge on any atom is -0.232 e. The molecular weight excluding hydrogens is 303 g/mol. The standard InChI is InChI=1S/C14H13Cl3N2/c1-7(2)14-18-12(8(3)13(17)19-14)9-5-4-6-10(15)11(9)16/h4-7H,1-3H3. The van der Waals surface area contributed by atoms with Crippen molar-refractivity contribution in [3.63, 3.8) is 0 Å². The predicted molar refractivity (Wildman–Crippen MR) is 81.3 cm³/mol. The monoisotopic (exact) mass is 314 g/mol. The number of hydrogen-bond donors (Lipinski definition) is 0. The molecule has 19 heavy (non-hydrogen) atoms. The fourth-order valence-electron chi connectivity index (χ4n) is 1.71. The molecule has 0 bridgehead atoms. The summed E-state index contributed by atoms with van der Waals surface area (Å²) in [4.78, 5) is 8.85. The van der Waals surface area contributed by atoms with Crippen LogP contribution in [0.3, 0.4) is 0 Å². The van der Waals surface area contributed by atoms with Crippen molar-refractivity contribution < 1.29 is 0 Å². The largest absolute Gasteiger partial charge is 0.232 e. The first-order chi connectivity index (χ1) is 8.91. The van der Waals surface area contributed by atoms with E-state index in [0.29, 0.717) is 21.0 Å². The van der Waals surface area contributed by atoms with E-state index in [1.54, 1.807) is 6.07 Å². The van der Waals surface area contributed by atoms with Gasteiger partial charge in [-0.25, -0.2) is 9.97 Å². The smallest absolute Gasteiger partial charge is 0.136 e. The lowest BCUT2D eigenvalue weighted by Crippen LogP contribution is -2.02. The molecule has 0 saturated carbocycles. The SMILES string of the molecule is Cc1c(Cl)nc(C(C)C)nc1-c1cccc(Cl)c1Cl. The molecule has 5 heteroatoms. The number of halogens is 3.